The third-order valence-corrected chi connectivity index (χ3v) is 12.2. The highest BCUT2D eigenvalue weighted by molar-refractivity contribution is 5.83. The molecule has 2 unspecified atom stereocenters. The number of hydrogen-bond donors (Lipinski definition) is 0. The SMILES string of the molecule is C=C/C=C\C=C/N(c1ccc(-c2ccc(-c3ccc(N(c4ccccc4)c4ccc(-n5ccc6ccccc65)cc4)cc3)cc2)cc1)c1ccc(N2CCC3C=CC=CC32)cc1. The first-order valence-corrected chi connectivity index (χ1v) is 21.5. The molecule has 2 heterocycles. The predicted octanol–water partition coefficient (Wildman–Crippen LogP) is 15.1. The Morgan fingerprint density at radius 2 is 1.02 bits per heavy atom. The normalized spacial score (nSPS) is 15.7. The van der Waals surface area contributed by atoms with Gasteiger partial charge < -0.3 is 19.3 Å². The number of anilines is 6. The van der Waals surface area contributed by atoms with Crippen molar-refractivity contribution >= 4 is 45.0 Å². The average Bonchev–Trinajstić information content (AvgIpc) is 3.98. The maximum atomic E-state index is 3.83. The summed E-state index contributed by atoms with van der Waals surface area (Å²) in [5.41, 5.74) is 13.8. The number of hydrogen-bond acceptors (Lipinski definition) is 3. The lowest BCUT2D eigenvalue weighted by atomic mass is 9.96. The van der Waals surface area contributed by atoms with E-state index in [0.29, 0.717) is 12.0 Å². The van der Waals surface area contributed by atoms with Crippen molar-refractivity contribution in [3.63, 3.8) is 0 Å². The van der Waals surface area contributed by atoms with E-state index in [0.717, 1.165) is 40.7 Å². The highest BCUT2D eigenvalue weighted by atomic mass is 15.2. The number of rotatable bonds is 12. The Morgan fingerprint density at radius 3 is 1.68 bits per heavy atom. The van der Waals surface area contributed by atoms with Crippen LogP contribution in [0.5, 0.6) is 0 Å². The van der Waals surface area contributed by atoms with Crippen LogP contribution in [0.2, 0.25) is 0 Å². The highest BCUT2D eigenvalue weighted by Gasteiger charge is 2.31. The van der Waals surface area contributed by atoms with Gasteiger partial charge in [0.25, 0.3) is 0 Å². The molecule has 4 nitrogen and oxygen atoms in total. The Labute approximate surface area is 365 Å². The number of aromatic nitrogens is 1. The van der Waals surface area contributed by atoms with E-state index in [1.165, 1.54) is 45.3 Å². The molecule has 2 atom stereocenters. The van der Waals surface area contributed by atoms with E-state index in [1.807, 2.05) is 12.2 Å². The first-order chi connectivity index (χ1) is 30.7. The van der Waals surface area contributed by atoms with E-state index in [4.69, 9.17) is 0 Å². The number of para-hydroxylation sites is 2. The van der Waals surface area contributed by atoms with E-state index in [2.05, 4.69) is 251 Å². The molecule has 2 aliphatic rings. The second-order valence-electron chi connectivity index (χ2n) is 15.9. The molecule has 4 heteroatoms. The van der Waals surface area contributed by atoms with Gasteiger partial charge in [0.1, 0.15) is 0 Å². The minimum Gasteiger partial charge on any atom is -0.364 e. The maximum Gasteiger partial charge on any atom is 0.0539 e. The van der Waals surface area contributed by atoms with E-state index < -0.39 is 0 Å². The molecule has 0 saturated carbocycles. The summed E-state index contributed by atoms with van der Waals surface area (Å²) in [6, 6.07) is 66.1. The standard InChI is InChI=1S/C58H48N4/c1-2-3-4-12-41-59(51-31-33-52(34-32-51)60-42-39-48-13-8-10-17-57(48)60)50-27-23-46(24-28-50)44-19-21-45(22-20-44)47-25-29-55(30-26-47)62(54-15-6-5-7-16-54)56-37-35-53(36-38-56)61-43-40-49-14-9-11-18-58(49)61/h2-38,40-41,43,48,57H,1,39,42H2/b4-3-,41-12-. The molecule has 1 aliphatic carbocycles. The molecule has 0 N–H and O–H groups in total. The van der Waals surface area contributed by atoms with Gasteiger partial charge in [0, 0.05) is 64.7 Å². The van der Waals surface area contributed by atoms with E-state index in [-0.39, 0.29) is 0 Å². The van der Waals surface area contributed by atoms with Crippen LogP contribution in [0.15, 0.2) is 250 Å². The van der Waals surface area contributed by atoms with Gasteiger partial charge in [-0.1, -0.05) is 134 Å². The lowest BCUT2D eigenvalue weighted by Gasteiger charge is -2.28. The van der Waals surface area contributed by atoms with E-state index in [1.54, 1.807) is 6.08 Å². The van der Waals surface area contributed by atoms with Gasteiger partial charge in [-0.15, -0.1) is 0 Å². The van der Waals surface area contributed by atoms with Crippen molar-refractivity contribution in [1.29, 1.82) is 0 Å². The minimum absolute atomic E-state index is 0.441. The van der Waals surface area contributed by atoms with Crippen molar-refractivity contribution in [1.82, 2.24) is 4.57 Å². The smallest absolute Gasteiger partial charge is 0.0539 e. The Balaban J connectivity index is 0.859. The third-order valence-electron chi connectivity index (χ3n) is 12.2. The third kappa shape index (κ3) is 7.82. The summed E-state index contributed by atoms with van der Waals surface area (Å²) in [7, 11) is 0. The molecule has 62 heavy (non-hydrogen) atoms. The zero-order valence-corrected chi connectivity index (χ0v) is 34.7. The molecule has 1 aromatic heterocycles. The van der Waals surface area contributed by atoms with Crippen molar-refractivity contribution in [3.05, 3.63) is 250 Å². The summed E-state index contributed by atoms with van der Waals surface area (Å²) in [5, 5.41) is 1.24. The molecular weight excluding hydrogens is 753 g/mol. The molecule has 1 fully saturated rings. The van der Waals surface area contributed by atoms with Crippen LogP contribution in [0.4, 0.5) is 34.1 Å². The topological polar surface area (TPSA) is 14.7 Å². The van der Waals surface area contributed by atoms with Crippen LogP contribution in [0, 0.1) is 5.92 Å². The molecule has 1 saturated heterocycles. The molecule has 10 rings (SSSR count). The number of nitrogens with zero attached hydrogens (tertiary/aromatic N) is 4. The monoisotopic (exact) mass is 800 g/mol. The zero-order valence-electron chi connectivity index (χ0n) is 34.7. The van der Waals surface area contributed by atoms with Crippen LogP contribution in [-0.2, 0) is 0 Å². The number of benzene rings is 7. The lowest BCUT2D eigenvalue weighted by molar-refractivity contribution is 0.643. The van der Waals surface area contributed by atoms with Gasteiger partial charge in [0.2, 0.25) is 0 Å². The van der Waals surface area contributed by atoms with Crippen molar-refractivity contribution in [2.24, 2.45) is 5.92 Å². The fraction of sp³-hybridized carbons (Fsp3) is 0.0690. The summed E-state index contributed by atoms with van der Waals surface area (Å²) in [4.78, 5) is 7.08. The summed E-state index contributed by atoms with van der Waals surface area (Å²) in [6.07, 6.45) is 22.3. The van der Waals surface area contributed by atoms with Crippen molar-refractivity contribution in [2.45, 2.75) is 12.5 Å². The predicted molar refractivity (Wildman–Crippen MR) is 263 cm³/mol. The molecule has 300 valence electrons. The Morgan fingerprint density at radius 1 is 0.484 bits per heavy atom. The van der Waals surface area contributed by atoms with E-state index in [9.17, 15) is 0 Å². The number of fused-ring (bicyclic) bond motifs is 2. The van der Waals surface area contributed by atoms with Crippen molar-refractivity contribution in [3.8, 4) is 27.9 Å². The van der Waals surface area contributed by atoms with Crippen LogP contribution in [0.3, 0.4) is 0 Å². The molecule has 8 aromatic rings. The first-order valence-electron chi connectivity index (χ1n) is 21.5. The maximum absolute atomic E-state index is 3.83. The van der Waals surface area contributed by atoms with Crippen molar-refractivity contribution < 1.29 is 0 Å². The summed E-state index contributed by atoms with van der Waals surface area (Å²) >= 11 is 0. The molecule has 0 amide bonds. The average molecular weight is 801 g/mol. The Kier molecular flexibility index (Phi) is 10.8. The molecule has 0 radical (unpaired) electrons. The quantitative estimate of drug-likeness (QED) is 0.114. The van der Waals surface area contributed by atoms with Crippen molar-refractivity contribution in [2.75, 3.05) is 21.2 Å². The molecule has 1 aliphatic heterocycles. The second kappa shape index (κ2) is 17.4. The second-order valence-corrected chi connectivity index (χ2v) is 15.9. The lowest BCUT2D eigenvalue weighted by Crippen LogP contribution is -2.31. The van der Waals surface area contributed by atoms with E-state index >= 15 is 0 Å². The minimum atomic E-state index is 0.441. The fourth-order valence-electron chi connectivity index (χ4n) is 8.95. The van der Waals surface area contributed by atoms with Gasteiger partial charge >= 0.3 is 0 Å². The Hall–Kier alpha value is -7.82. The van der Waals surface area contributed by atoms with Crippen LogP contribution in [0.1, 0.15) is 6.42 Å². The fourth-order valence-corrected chi connectivity index (χ4v) is 8.95. The largest absolute Gasteiger partial charge is 0.364 e. The first kappa shape index (κ1) is 38.4. The summed E-state index contributed by atoms with van der Waals surface area (Å²) in [6.45, 7) is 4.90. The molecular formula is C58H48N4. The van der Waals surface area contributed by atoms with Crippen LogP contribution < -0.4 is 14.7 Å². The summed E-state index contributed by atoms with van der Waals surface area (Å²) in [5.74, 6) is 0.599. The number of allylic oxidation sites excluding steroid dienone is 6. The molecule has 0 spiro atoms. The van der Waals surface area contributed by atoms with Gasteiger partial charge in [0.15, 0.2) is 0 Å². The van der Waals surface area contributed by atoms with Crippen LogP contribution in [-0.4, -0.2) is 17.2 Å². The molecule has 0 bridgehead atoms. The van der Waals surface area contributed by atoms with Crippen LogP contribution >= 0.6 is 0 Å². The van der Waals surface area contributed by atoms with Gasteiger partial charge in [0.05, 0.1) is 11.6 Å². The van der Waals surface area contributed by atoms with Gasteiger partial charge in [-0.05, 0) is 137 Å². The molecule has 7 aromatic carbocycles. The van der Waals surface area contributed by atoms with Gasteiger partial charge in [-0.3, -0.25) is 0 Å². The Bertz CT molecular complexity index is 2900. The van der Waals surface area contributed by atoms with Gasteiger partial charge in [-0.2, -0.15) is 0 Å². The zero-order chi connectivity index (χ0) is 41.7. The van der Waals surface area contributed by atoms with Crippen LogP contribution in [0.25, 0.3) is 38.8 Å². The van der Waals surface area contributed by atoms with Gasteiger partial charge in [-0.25, -0.2) is 0 Å². The summed E-state index contributed by atoms with van der Waals surface area (Å²) < 4.78 is 2.24. The highest BCUT2D eigenvalue weighted by Crippen LogP contribution is 2.38.